The van der Waals surface area contributed by atoms with Gasteiger partial charge in [0, 0.05) is 45.1 Å². The molecule has 0 bridgehead atoms. The molecule has 2 N–H and O–H groups in total. The Balaban J connectivity index is 1.25. The number of carbonyl (C=O) groups excluding carboxylic acids is 3. The summed E-state index contributed by atoms with van der Waals surface area (Å²) in [5, 5.41) is 9.46. The van der Waals surface area contributed by atoms with Gasteiger partial charge in [-0.15, -0.1) is 6.42 Å². The number of piperazine rings is 1. The number of benzene rings is 1. The average Bonchev–Trinajstić information content (AvgIpc) is 3.73. The van der Waals surface area contributed by atoms with Gasteiger partial charge in [0.25, 0.3) is 11.8 Å². The lowest BCUT2D eigenvalue weighted by Gasteiger charge is -2.36. The Labute approximate surface area is 250 Å². The summed E-state index contributed by atoms with van der Waals surface area (Å²) in [6, 6.07) is 4.23. The fourth-order valence-electron chi connectivity index (χ4n) is 5.23. The number of rotatable bonds is 6. The van der Waals surface area contributed by atoms with Crippen LogP contribution in [0, 0.1) is 12.3 Å². The standard InChI is InChI=1S/C28H28ClF3N8O3/c1-3-9-40-16-19(23(36-40)28(30,31)32)22-15-34-24(37(22)2)25(41)35-17-6-7-18(20(29)14-17)26(42)38-10-12-39(13-11-38)27(43)21-5-4-8-33-21/h1,6-7,14-16,21,33H,4-5,8-13H2,2H3,(H,35,41)/t21-/m0/s1. The molecule has 4 heterocycles. The van der Waals surface area contributed by atoms with Gasteiger partial charge in [0.1, 0.15) is 6.54 Å². The Morgan fingerprint density at radius 2 is 1.91 bits per heavy atom. The van der Waals surface area contributed by atoms with Gasteiger partial charge in [0.05, 0.1) is 34.1 Å². The van der Waals surface area contributed by atoms with Crippen LogP contribution in [-0.4, -0.2) is 85.6 Å². The first-order valence-electron chi connectivity index (χ1n) is 13.5. The molecule has 2 aromatic heterocycles. The van der Waals surface area contributed by atoms with E-state index in [9.17, 15) is 27.6 Å². The summed E-state index contributed by atoms with van der Waals surface area (Å²) in [7, 11) is 1.41. The molecule has 1 atom stereocenters. The minimum atomic E-state index is -4.75. The van der Waals surface area contributed by atoms with Crippen LogP contribution < -0.4 is 10.6 Å². The van der Waals surface area contributed by atoms with Crippen molar-refractivity contribution in [1.82, 2.24) is 34.4 Å². The van der Waals surface area contributed by atoms with Crippen LogP contribution in [0.5, 0.6) is 0 Å². The van der Waals surface area contributed by atoms with Crippen LogP contribution in [0.4, 0.5) is 18.9 Å². The monoisotopic (exact) mass is 616 g/mol. The van der Waals surface area contributed by atoms with Crippen LogP contribution in [-0.2, 0) is 24.6 Å². The van der Waals surface area contributed by atoms with Gasteiger partial charge in [-0.25, -0.2) is 4.98 Å². The van der Waals surface area contributed by atoms with Gasteiger partial charge in [-0.05, 0) is 37.6 Å². The molecule has 0 radical (unpaired) electrons. The second kappa shape index (κ2) is 12.1. The van der Waals surface area contributed by atoms with Crippen molar-refractivity contribution in [2.45, 2.75) is 31.6 Å². The lowest BCUT2D eigenvalue weighted by atomic mass is 10.1. The summed E-state index contributed by atoms with van der Waals surface area (Å²) in [5.41, 5.74) is -0.916. The molecular formula is C28H28ClF3N8O3. The van der Waals surface area contributed by atoms with E-state index >= 15 is 0 Å². The van der Waals surface area contributed by atoms with Crippen molar-refractivity contribution in [1.29, 1.82) is 0 Å². The van der Waals surface area contributed by atoms with Crippen molar-refractivity contribution in [2.24, 2.45) is 7.05 Å². The zero-order valence-corrected chi connectivity index (χ0v) is 23.9. The molecule has 2 saturated heterocycles. The number of alkyl halides is 3. The largest absolute Gasteiger partial charge is 0.435 e. The Hall–Kier alpha value is -4.35. The molecule has 5 rings (SSSR count). The average molecular weight is 617 g/mol. The second-order valence-corrected chi connectivity index (χ2v) is 10.6. The molecule has 11 nitrogen and oxygen atoms in total. The van der Waals surface area contributed by atoms with E-state index < -0.39 is 17.8 Å². The van der Waals surface area contributed by atoms with E-state index in [4.69, 9.17) is 18.0 Å². The molecule has 2 fully saturated rings. The second-order valence-electron chi connectivity index (χ2n) is 10.2. The number of nitrogens with one attached hydrogen (secondary N) is 2. The number of amides is 3. The summed E-state index contributed by atoms with van der Waals surface area (Å²) in [6.45, 7) is 2.25. The topological polar surface area (TPSA) is 117 Å². The molecule has 1 aromatic carbocycles. The van der Waals surface area contributed by atoms with E-state index in [1.807, 2.05) is 0 Å². The highest BCUT2D eigenvalue weighted by Gasteiger charge is 2.38. The molecule has 2 aliphatic heterocycles. The maximum Gasteiger partial charge on any atom is 0.435 e. The summed E-state index contributed by atoms with van der Waals surface area (Å²) in [5.74, 6) is 1.13. The lowest BCUT2D eigenvalue weighted by Crippen LogP contribution is -2.54. The Kier molecular flexibility index (Phi) is 8.48. The highest BCUT2D eigenvalue weighted by atomic mass is 35.5. The lowest BCUT2D eigenvalue weighted by molar-refractivity contribution is -0.141. The van der Waals surface area contributed by atoms with Gasteiger partial charge < -0.3 is 25.0 Å². The number of halogens is 4. The number of anilines is 1. The fraction of sp³-hybridized carbons (Fsp3) is 0.393. The number of imidazole rings is 1. The number of carbonyl (C=O) groups is 3. The molecular weight excluding hydrogens is 589 g/mol. The zero-order chi connectivity index (χ0) is 30.9. The van der Waals surface area contributed by atoms with Crippen LogP contribution in [0.2, 0.25) is 5.02 Å². The summed E-state index contributed by atoms with van der Waals surface area (Å²) < 4.78 is 43.1. The van der Waals surface area contributed by atoms with Gasteiger partial charge in [-0.1, -0.05) is 17.5 Å². The first-order valence-corrected chi connectivity index (χ1v) is 13.9. The minimum Gasteiger partial charge on any atom is -0.338 e. The third kappa shape index (κ3) is 6.23. The normalized spacial score (nSPS) is 17.2. The molecule has 0 aliphatic carbocycles. The molecule has 2 aliphatic rings. The number of hydrogen-bond donors (Lipinski definition) is 2. The van der Waals surface area contributed by atoms with E-state index in [1.165, 1.54) is 29.8 Å². The van der Waals surface area contributed by atoms with Crippen LogP contribution in [0.3, 0.4) is 0 Å². The number of nitrogens with zero attached hydrogens (tertiary/aromatic N) is 6. The van der Waals surface area contributed by atoms with E-state index in [2.05, 4.69) is 26.6 Å². The molecule has 0 unspecified atom stereocenters. The molecule has 0 spiro atoms. The van der Waals surface area contributed by atoms with E-state index in [-0.39, 0.29) is 57.8 Å². The molecule has 226 valence electrons. The van der Waals surface area contributed by atoms with Crippen molar-refractivity contribution in [2.75, 3.05) is 38.0 Å². The van der Waals surface area contributed by atoms with Crippen molar-refractivity contribution >= 4 is 35.0 Å². The molecule has 3 aromatic rings. The third-order valence-corrected chi connectivity index (χ3v) is 7.76. The van der Waals surface area contributed by atoms with E-state index in [1.54, 1.807) is 9.80 Å². The van der Waals surface area contributed by atoms with Crippen LogP contribution in [0.25, 0.3) is 11.3 Å². The summed E-state index contributed by atoms with van der Waals surface area (Å²) >= 11 is 6.42. The van der Waals surface area contributed by atoms with Crippen molar-refractivity contribution in [3.8, 4) is 23.6 Å². The first-order chi connectivity index (χ1) is 20.5. The van der Waals surface area contributed by atoms with Gasteiger partial charge in [-0.3, -0.25) is 19.1 Å². The van der Waals surface area contributed by atoms with Gasteiger partial charge in [0.15, 0.2) is 11.5 Å². The van der Waals surface area contributed by atoms with Crippen molar-refractivity contribution < 1.29 is 27.6 Å². The predicted molar refractivity (Wildman–Crippen MR) is 151 cm³/mol. The van der Waals surface area contributed by atoms with E-state index in [0.717, 1.165) is 36.5 Å². The highest BCUT2D eigenvalue weighted by Crippen LogP contribution is 2.36. The SMILES string of the molecule is C#CCn1cc(-c2cnc(C(=O)Nc3ccc(C(=O)N4CCN(C(=O)[C@@H]5CCCN5)CC4)c(Cl)c3)n2C)c(C(F)(F)F)n1. The quantitative estimate of drug-likeness (QED) is 0.412. The fourth-order valence-corrected chi connectivity index (χ4v) is 5.49. The smallest absolute Gasteiger partial charge is 0.338 e. The minimum absolute atomic E-state index is 0.0148. The molecule has 3 amide bonds. The van der Waals surface area contributed by atoms with Crippen LogP contribution in [0.1, 0.15) is 39.5 Å². The zero-order valence-electron chi connectivity index (χ0n) is 23.1. The third-order valence-electron chi connectivity index (χ3n) is 7.45. The number of hydrogen-bond acceptors (Lipinski definition) is 6. The van der Waals surface area contributed by atoms with Crippen molar-refractivity contribution in [3.63, 3.8) is 0 Å². The molecule has 43 heavy (non-hydrogen) atoms. The van der Waals surface area contributed by atoms with Gasteiger partial charge in [-0.2, -0.15) is 18.3 Å². The number of terminal acetylenes is 1. The number of aromatic nitrogens is 4. The Morgan fingerprint density at radius 3 is 2.53 bits per heavy atom. The maximum absolute atomic E-state index is 13.6. The van der Waals surface area contributed by atoms with Gasteiger partial charge >= 0.3 is 6.18 Å². The van der Waals surface area contributed by atoms with Crippen molar-refractivity contribution in [3.05, 3.63) is 52.7 Å². The van der Waals surface area contributed by atoms with Crippen LogP contribution in [0.15, 0.2) is 30.6 Å². The van der Waals surface area contributed by atoms with Gasteiger partial charge in [0.2, 0.25) is 5.91 Å². The molecule has 0 saturated carbocycles. The Morgan fingerprint density at radius 1 is 1.19 bits per heavy atom. The highest BCUT2D eigenvalue weighted by molar-refractivity contribution is 6.34. The van der Waals surface area contributed by atoms with E-state index in [0.29, 0.717) is 26.2 Å². The summed E-state index contributed by atoms with van der Waals surface area (Å²) in [6.07, 6.45) is 4.54. The predicted octanol–water partition coefficient (Wildman–Crippen LogP) is 2.88. The van der Waals surface area contributed by atoms with Crippen LogP contribution >= 0.6 is 11.6 Å². The summed E-state index contributed by atoms with van der Waals surface area (Å²) in [4.78, 5) is 46.2. The first kappa shape index (κ1) is 30.1. The molecule has 15 heteroatoms. The maximum atomic E-state index is 13.6. The Bertz CT molecular complexity index is 1600.